The fraction of sp³-hybridized carbons (Fsp3) is 0.375. The van der Waals surface area contributed by atoms with Crippen molar-refractivity contribution in [2.45, 2.75) is 12.5 Å². The van der Waals surface area contributed by atoms with Gasteiger partial charge in [0.15, 0.2) is 11.5 Å². The maximum Gasteiger partial charge on any atom is 0.231 e. The molecule has 0 saturated carbocycles. The Balaban J connectivity index is 1.80. The van der Waals surface area contributed by atoms with Gasteiger partial charge in [0.05, 0.1) is 0 Å². The van der Waals surface area contributed by atoms with E-state index in [4.69, 9.17) is 14.2 Å². The minimum absolute atomic E-state index is 0.0306. The quantitative estimate of drug-likeness (QED) is 0.816. The molecule has 1 aliphatic heterocycles. The van der Waals surface area contributed by atoms with E-state index < -0.39 is 0 Å². The summed E-state index contributed by atoms with van der Waals surface area (Å²) in [5, 5.41) is 2.08. The second-order valence-electron chi connectivity index (χ2n) is 5.20. The largest absolute Gasteiger partial charge is 0.481 e. The Morgan fingerprint density at radius 1 is 1.24 bits per heavy atom. The number of thiophene rings is 1. The maximum absolute atomic E-state index is 6.23. The number of hydrogen-bond acceptors (Lipinski definition) is 5. The minimum atomic E-state index is 0.0306. The SMILES string of the molecule is CN(C)CC[C@@H](Oc1cccc2c1OCO2)c1cccs1. The number of hydrogen-bond donors (Lipinski definition) is 0. The van der Waals surface area contributed by atoms with Crippen molar-refractivity contribution in [2.24, 2.45) is 0 Å². The molecule has 1 aromatic heterocycles. The van der Waals surface area contributed by atoms with Gasteiger partial charge in [0, 0.05) is 17.8 Å². The van der Waals surface area contributed by atoms with Gasteiger partial charge >= 0.3 is 0 Å². The Morgan fingerprint density at radius 2 is 2.14 bits per heavy atom. The van der Waals surface area contributed by atoms with Crippen molar-refractivity contribution in [2.75, 3.05) is 27.4 Å². The van der Waals surface area contributed by atoms with Gasteiger partial charge in [0.1, 0.15) is 6.10 Å². The summed E-state index contributed by atoms with van der Waals surface area (Å²) >= 11 is 1.72. The van der Waals surface area contributed by atoms with Crippen LogP contribution in [0.5, 0.6) is 17.2 Å². The zero-order valence-electron chi connectivity index (χ0n) is 12.2. The van der Waals surface area contributed by atoms with E-state index in [2.05, 4.69) is 36.5 Å². The lowest BCUT2D eigenvalue weighted by Gasteiger charge is -2.20. The van der Waals surface area contributed by atoms with Crippen molar-refractivity contribution in [1.82, 2.24) is 4.90 Å². The molecule has 1 atom stereocenters. The molecule has 5 heteroatoms. The predicted molar refractivity (Wildman–Crippen MR) is 83.4 cm³/mol. The summed E-state index contributed by atoms with van der Waals surface area (Å²) in [5.74, 6) is 2.22. The second-order valence-corrected chi connectivity index (χ2v) is 6.18. The van der Waals surface area contributed by atoms with Crippen molar-refractivity contribution >= 4 is 11.3 Å². The topological polar surface area (TPSA) is 30.9 Å². The fourth-order valence-corrected chi connectivity index (χ4v) is 3.05. The van der Waals surface area contributed by atoms with Gasteiger partial charge in [0.2, 0.25) is 12.5 Å². The number of benzene rings is 1. The molecule has 1 aliphatic rings. The highest BCUT2D eigenvalue weighted by Gasteiger charge is 2.22. The van der Waals surface area contributed by atoms with Gasteiger partial charge in [-0.15, -0.1) is 11.3 Å². The Labute approximate surface area is 128 Å². The van der Waals surface area contributed by atoms with Crippen LogP contribution >= 0.6 is 11.3 Å². The molecule has 0 fully saturated rings. The van der Waals surface area contributed by atoms with Crippen molar-refractivity contribution in [3.63, 3.8) is 0 Å². The van der Waals surface area contributed by atoms with E-state index in [-0.39, 0.29) is 12.9 Å². The zero-order chi connectivity index (χ0) is 14.7. The van der Waals surface area contributed by atoms with Gasteiger partial charge in [-0.3, -0.25) is 0 Å². The molecule has 3 rings (SSSR count). The molecule has 0 unspecified atom stereocenters. The van der Waals surface area contributed by atoms with Gasteiger partial charge < -0.3 is 19.1 Å². The van der Waals surface area contributed by atoms with Crippen molar-refractivity contribution < 1.29 is 14.2 Å². The van der Waals surface area contributed by atoms with Gasteiger partial charge in [-0.25, -0.2) is 0 Å². The molecular weight excluding hydrogens is 286 g/mol. The molecular formula is C16H19NO3S. The third-order valence-corrected chi connectivity index (χ3v) is 4.29. The van der Waals surface area contributed by atoms with Crippen LogP contribution in [0.4, 0.5) is 0 Å². The summed E-state index contributed by atoms with van der Waals surface area (Å²) < 4.78 is 17.2. The summed E-state index contributed by atoms with van der Waals surface area (Å²) in [6.07, 6.45) is 0.959. The van der Waals surface area contributed by atoms with Crippen LogP contribution in [-0.4, -0.2) is 32.3 Å². The molecule has 1 aromatic carbocycles. The Bertz CT molecular complexity index is 583. The molecule has 21 heavy (non-hydrogen) atoms. The third kappa shape index (κ3) is 3.31. The van der Waals surface area contributed by atoms with Crippen molar-refractivity contribution in [1.29, 1.82) is 0 Å². The number of fused-ring (bicyclic) bond motifs is 1. The normalized spacial score (nSPS) is 14.4. The highest BCUT2D eigenvalue weighted by Crippen LogP contribution is 2.42. The molecule has 0 amide bonds. The van der Waals surface area contributed by atoms with E-state index in [1.807, 2.05) is 18.2 Å². The lowest BCUT2D eigenvalue weighted by molar-refractivity contribution is 0.155. The average Bonchev–Trinajstić information content (AvgIpc) is 3.13. The highest BCUT2D eigenvalue weighted by atomic mass is 32.1. The summed E-state index contributed by atoms with van der Waals surface area (Å²) in [7, 11) is 4.14. The smallest absolute Gasteiger partial charge is 0.231 e. The first kappa shape index (κ1) is 14.2. The molecule has 112 valence electrons. The van der Waals surface area contributed by atoms with Gasteiger partial charge in [-0.2, -0.15) is 0 Å². The summed E-state index contributed by atoms with van der Waals surface area (Å²) in [6.45, 7) is 1.23. The molecule has 0 bridgehead atoms. The molecule has 4 nitrogen and oxygen atoms in total. The fourth-order valence-electron chi connectivity index (χ4n) is 2.26. The second kappa shape index (κ2) is 6.37. The summed E-state index contributed by atoms with van der Waals surface area (Å²) in [4.78, 5) is 3.40. The van der Waals surface area contributed by atoms with Crippen molar-refractivity contribution in [3.8, 4) is 17.2 Å². The highest BCUT2D eigenvalue weighted by molar-refractivity contribution is 7.10. The Morgan fingerprint density at radius 3 is 2.90 bits per heavy atom. The van der Waals surface area contributed by atoms with Crippen LogP contribution in [0.3, 0.4) is 0 Å². The Kier molecular flexibility index (Phi) is 4.31. The van der Waals surface area contributed by atoms with E-state index in [0.29, 0.717) is 5.75 Å². The molecule has 2 heterocycles. The first-order valence-corrected chi connectivity index (χ1v) is 7.85. The molecule has 0 saturated heterocycles. The summed E-state index contributed by atoms with van der Waals surface area (Å²) in [6, 6.07) is 9.94. The van der Waals surface area contributed by atoms with E-state index in [1.165, 1.54) is 4.88 Å². The minimum Gasteiger partial charge on any atom is -0.481 e. The summed E-state index contributed by atoms with van der Waals surface area (Å²) in [5.41, 5.74) is 0. The monoisotopic (exact) mass is 305 g/mol. The Hall–Kier alpha value is -1.72. The zero-order valence-corrected chi connectivity index (χ0v) is 13.1. The van der Waals surface area contributed by atoms with Crippen LogP contribution in [-0.2, 0) is 0 Å². The average molecular weight is 305 g/mol. The van der Waals surface area contributed by atoms with E-state index >= 15 is 0 Å². The standard InChI is InChI=1S/C16H19NO3S/c1-17(2)9-8-12(15-7-4-10-21-15)20-14-6-3-5-13-16(14)19-11-18-13/h3-7,10,12H,8-9,11H2,1-2H3/t12-/m1/s1. The number of rotatable bonds is 6. The van der Waals surface area contributed by atoms with Crippen molar-refractivity contribution in [3.05, 3.63) is 40.6 Å². The van der Waals surface area contributed by atoms with Crippen LogP contribution in [0.1, 0.15) is 17.4 Å². The maximum atomic E-state index is 6.23. The molecule has 0 aliphatic carbocycles. The van der Waals surface area contributed by atoms with E-state index in [9.17, 15) is 0 Å². The lowest BCUT2D eigenvalue weighted by atomic mass is 10.2. The molecule has 0 radical (unpaired) electrons. The number of para-hydroxylation sites is 1. The first-order valence-electron chi connectivity index (χ1n) is 6.97. The first-order chi connectivity index (χ1) is 10.2. The number of nitrogens with zero attached hydrogens (tertiary/aromatic N) is 1. The third-order valence-electron chi connectivity index (χ3n) is 3.33. The van der Waals surface area contributed by atoms with E-state index in [0.717, 1.165) is 24.5 Å². The number of ether oxygens (including phenoxy) is 3. The van der Waals surface area contributed by atoms with Gasteiger partial charge in [-0.1, -0.05) is 12.1 Å². The van der Waals surface area contributed by atoms with Crippen LogP contribution in [0, 0.1) is 0 Å². The van der Waals surface area contributed by atoms with Crippen LogP contribution in [0.15, 0.2) is 35.7 Å². The lowest BCUT2D eigenvalue weighted by Crippen LogP contribution is -2.18. The predicted octanol–water partition coefficient (Wildman–Crippen LogP) is 3.55. The van der Waals surface area contributed by atoms with Gasteiger partial charge in [0.25, 0.3) is 0 Å². The molecule has 2 aromatic rings. The van der Waals surface area contributed by atoms with Crippen LogP contribution in [0.25, 0.3) is 0 Å². The van der Waals surface area contributed by atoms with Crippen LogP contribution < -0.4 is 14.2 Å². The molecule has 0 spiro atoms. The molecule has 0 N–H and O–H groups in total. The van der Waals surface area contributed by atoms with Crippen LogP contribution in [0.2, 0.25) is 0 Å². The van der Waals surface area contributed by atoms with E-state index in [1.54, 1.807) is 11.3 Å². The van der Waals surface area contributed by atoms with Gasteiger partial charge in [-0.05, 0) is 37.7 Å².